The summed E-state index contributed by atoms with van der Waals surface area (Å²) in [4.78, 5) is 25.7. The fraction of sp³-hybridized carbons (Fsp3) is 0.857. The summed E-state index contributed by atoms with van der Waals surface area (Å²) in [7, 11) is 5.50. The molecular formula is C14H24BN3O3. The second kappa shape index (κ2) is 6.79. The lowest BCUT2D eigenvalue weighted by atomic mass is 9.83. The zero-order chi connectivity index (χ0) is 15.5. The van der Waals surface area contributed by atoms with Crippen molar-refractivity contribution in [2.45, 2.75) is 50.0 Å². The van der Waals surface area contributed by atoms with Crippen LogP contribution in [0.5, 0.6) is 0 Å². The lowest BCUT2D eigenvalue weighted by Crippen LogP contribution is -2.56. The Hall–Kier alpha value is -1.08. The Morgan fingerprint density at radius 1 is 1.43 bits per heavy atom. The number of hydrogen-bond acceptors (Lipinski definition) is 4. The van der Waals surface area contributed by atoms with Gasteiger partial charge < -0.3 is 21.1 Å². The number of piperidine rings is 1. The van der Waals surface area contributed by atoms with Gasteiger partial charge in [-0.25, -0.2) is 0 Å². The van der Waals surface area contributed by atoms with Crippen LogP contribution in [0.25, 0.3) is 0 Å². The van der Waals surface area contributed by atoms with Gasteiger partial charge in [-0.05, 0) is 25.8 Å². The number of rotatable bonds is 5. The number of aliphatic carboxylic acids is 1. The van der Waals surface area contributed by atoms with E-state index in [9.17, 15) is 14.7 Å². The summed E-state index contributed by atoms with van der Waals surface area (Å²) in [5, 5.41) is 12.7. The largest absolute Gasteiger partial charge is 0.480 e. The number of carboxylic acid groups (broad SMARTS) is 1. The van der Waals surface area contributed by atoms with Crippen molar-refractivity contribution in [3.8, 4) is 0 Å². The number of amides is 1. The molecule has 0 bridgehead atoms. The number of nitrogens with one attached hydrogen (secondary N) is 1. The number of carboxylic acids is 1. The van der Waals surface area contributed by atoms with Gasteiger partial charge in [0.05, 0.1) is 13.9 Å². The van der Waals surface area contributed by atoms with Crippen molar-refractivity contribution >= 4 is 19.7 Å². The quantitative estimate of drug-likeness (QED) is 0.607. The predicted octanol–water partition coefficient (Wildman–Crippen LogP) is -0.264. The molecule has 2 fully saturated rings. The maximum atomic E-state index is 12.5. The molecule has 3 atom stereocenters. The van der Waals surface area contributed by atoms with Gasteiger partial charge in [0, 0.05) is 19.0 Å². The van der Waals surface area contributed by atoms with Gasteiger partial charge >= 0.3 is 5.97 Å². The second-order valence-electron chi connectivity index (χ2n) is 6.19. The van der Waals surface area contributed by atoms with E-state index >= 15 is 0 Å². The molecule has 2 radical (unpaired) electrons. The van der Waals surface area contributed by atoms with E-state index in [4.69, 9.17) is 13.6 Å². The van der Waals surface area contributed by atoms with Crippen molar-refractivity contribution in [3.05, 3.63) is 0 Å². The molecule has 0 aliphatic carbocycles. The van der Waals surface area contributed by atoms with Gasteiger partial charge in [-0.3, -0.25) is 9.59 Å². The number of nitrogens with two attached hydrogens (primary N) is 1. The first-order valence-electron chi connectivity index (χ1n) is 7.73. The van der Waals surface area contributed by atoms with Crippen LogP contribution in [0.4, 0.5) is 0 Å². The van der Waals surface area contributed by atoms with E-state index in [1.54, 1.807) is 4.90 Å². The Balaban J connectivity index is 2.05. The highest BCUT2D eigenvalue weighted by molar-refractivity contribution is 6.08. The minimum absolute atomic E-state index is 0.0129. The average molecular weight is 293 g/mol. The van der Waals surface area contributed by atoms with Crippen LogP contribution in [0.2, 0.25) is 6.32 Å². The molecule has 0 aromatic heterocycles. The topological polar surface area (TPSA) is 95.7 Å². The summed E-state index contributed by atoms with van der Waals surface area (Å²) in [6, 6.07) is -0.190. The van der Waals surface area contributed by atoms with Crippen LogP contribution in [0, 0.1) is 5.92 Å². The van der Waals surface area contributed by atoms with Gasteiger partial charge in [0.1, 0.15) is 5.54 Å². The summed E-state index contributed by atoms with van der Waals surface area (Å²) >= 11 is 0. The number of carbonyl (C=O) groups excluding carboxylic acids is 1. The molecule has 2 aliphatic heterocycles. The Kier molecular flexibility index (Phi) is 5.27. The highest BCUT2D eigenvalue weighted by atomic mass is 16.4. The molecule has 2 saturated heterocycles. The maximum absolute atomic E-state index is 12.5. The molecule has 0 saturated carbocycles. The van der Waals surface area contributed by atoms with E-state index in [0.717, 1.165) is 32.2 Å². The molecule has 2 heterocycles. The molecule has 0 aromatic rings. The molecule has 0 spiro atoms. The molecule has 7 heteroatoms. The van der Waals surface area contributed by atoms with E-state index in [1.165, 1.54) is 0 Å². The Morgan fingerprint density at radius 2 is 2.19 bits per heavy atom. The lowest BCUT2D eigenvalue weighted by molar-refractivity contribution is -0.144. The number of likely N-dealkylation sites (tertiary alicyclic amines) is 1. The summed E-state index contributed by atoms with van der Waals surface area (Å²) in [5.74, 6) is -1.27. The fourth-order valence-electron chi connectivity index (χ4n) is 3.34. The van der Waals surface area contributed by atoms with Crippen LogP contribution in [-0.2, 0) is 9.59 Å². The number of nitrogens with zero attached hydrogens (tertiary/aromatic N) is 1. The van der Waals surface area contributed by atoms with E-state index in [1.807, 2.05) is 0 Å². The molecule has 6 nitrogen and oxygen atoms in total. The molecule has 1 amide bonds. The SMILES string of the molecule is [B]CCC[C@H]1CN(C(=O)[C@@H]2CCCCN2)C[C@@]1(N)C(=O)O. The standard InChI is InChI=1S/C14H24BN3O3/c15-6-3-4-10-8-18(9-14(10,16)13(20)21)12(19)11-5-1-2-7-17-11/h10-11,17H,1-9,16H2,(H,20,21)/t10-,11-,14-/m0/s1. The van der Waals surface area contributed by atoms with Crippen molar-refractivity contribution in [3.63, 3.8) is 0 Å². The first-order chi connectivity index (χ1) is 9.99. The third-order valence-electron chi connectivity index (χ3n) is 4.70. The van der Waals surface area contributed by atoms with Crippen LogP contribution >= 0.6 is 0 Å². The van der Waals surface area contributed by atoms with Crippen molar-refractivity contribution in [1.29, 1.82) is 0 Å². The summed E-state index contributed by atoms with van der Waals surface area (Å²) in [5.41, 5.74) is 4.74. The van der Waals surface area contributed by atoms with Gasteiger partial charge in [-0.1, -0.05) is 19.2 Å². The van der Waals surface area contributed by atoms with Crippen LogP contribution in [0.3, 0.4) is 0 Å². The van der Waals surface area contributed by atoms with Gasteiger partial charge in [0.15, 0.2) is 0 Å². The first-order valence-corrected chi connectivity index (χ1v) is 7.73. The van der Waals surface area contributed by atoms with Crippen LogP contribution in [0.15, 0.2) is 0 Å². The molecular weight excluding hydrogens is 269 g/mol. The van der Waals surface area contributed by atoms with Gasteiger partial charge in [0.2, 0.25) is 5.91 Å². The van der Waals surface area contributed by atoms with E-state index in [0.29, 0.717) is 19.3 Å². The normalized spacial score (nSPS) is 33.1. The third kappa shape index (κ3) is 3.40. The Morgan fingerprint density at radius 3 is 2.76 bits per heavy atom. The van der Waals surface area contributed by atoms with Crippen molar-refractivity contribution in [2.24, 2.45) is 11.7 Å². The van der Waals surface area contributed by atoms with Gasteiger partial charge in [-0.2, -0.15) is 0 Å². The minimum atomic E-state index is -1.35. The molecule has 2 aliphatic rings. The average Bonchev–Trinajstić information content (AvgIpc) is 2.84. The number of hydrogen-bond donors (Lipinski definition) is 3. The van der Waals surface area contributed by atoms with Crippen LogP contribution in [-0.4, -0.2) is 60.9 Å². The third-order valence-corrected chi connectivity index (χ3v) is 4.70. The highest BCUT2D eigenvalue weighted by Gasteiger charge is 2.51. The highest BCUT2D eigenvalue weighted by Crippen LogP contribution is 2.31. The van der Waals surface area contributed by atoms with Crippen molar-refractivity contribution in [2.75, 3.05) is 19.6 Å². The Labute approximate surface area is 126 Å². The Bertz CT molecular complexity index is 401. The predicted molar refractivity (Wildman–Crippen MR) is 80.1 cm³/mol. The van der Waals surface area contributed by atoms with Crippen LogP contribution in [0.1, 0.15) is 32.1 Å². The van der Waals surface area contributed by atoms with Gasteiger partial charge in [0.25, 0.3) is 0 Å². The van der Waals surface area contributed by atoms with Crippen molar-refractivity contribution < 1.29 is 14.7 Å². The first kappa shape index (κ1) is 16.3. The molecule has 0 unspecified atom stereocenters. The smallest absolute Gasteiger partial charge is 0.325 e. The second-order valence-corrected chi connectivity index (χ2v) is 6.19. The molecule has 21 heavy (non-hydrogen) atoms. The zero-order valence-corrected chi connectivity index (χ0v) is 12.4. The zero-order valence-electron chi connectivity index (χ0n) is 12.4. The van der Waals surface area contributed by atoms with E-state index in [-0.39, 0.29) is 24.4 Å². The van der Waals surface area contributed by atoms with E-state index < -0.39 is 11.5 Å². The van der Waals surface area contributed by atoms with Crippen LogP contribution < -0.4 is 11.1 Å². The fourth-order valence-corrected chi connectivity index (χ4v) is 3.34. The van der Waals surface area contributed by atoms with E-state index in [2.05, 4.69) is 5.32 Å². The summed E-state index contributed by atoms with van der Waals surface area (Å²) in [6.07, 6.45) is 4.79. The van der Waals surface area contributed by atoms with Gasteiger partial charge in [-0.15, -0.1) is 0 Å². The van der Waals surface area contributed by atoms with Crippen molar-refractivity contribution in [1.82, 2.24) is 10.2 Å². The summed E-state index contributed by atoms with van der Waals surface area (Å²) in [6.45, 7) is 1.35. The maximum Gasteiger partial charge on any atom is 0.325 e. The molecule has 4 N–H and O–H groups in total. The lowest BCUT2D eigenvalue weighted by Gasteiger charge is -2.28. The molecule has 2 rings (SSSR count). The summed E-state index contributed by atoms with van der Waals surface area (Å²) < 4.78 is 0. The monoisotopic (exact) mass is 293 g/mol. The molecule has 116 valence electrons. The minimum Gasteiger partial charge on any atom is -0.480 e. The number of carbonyl (C=O) groups is 2. The molecule has 0 aromatic carbocycles.